The molecule has 19 heavy (non-hydrogen) atoms. The highest BCUT2D eigenvalue weighted by molar-refractivity contribution is 6.01. The topological polar surface area (TPSA) is 92.9 Å². The zero-order valence-electron chi connectivity index (χ0n) is 10.6. The van der Waals surface area contributed by atoms with E-state index in [2.05, 4.69) is 0 Å². The average Bonchev–Trinajstić information content (AvgIpc) is 2.44. The fraction of sp³-hybridized carbons (Fsp3) is 0.385. The van der Waals surface area contributed by atoms with Gasteiger partial charge in [0, 0.05) is 0 Å². The molecule has 0 saturated heterocycles. The summed E-state index contributed by atoms with van der Waals surface area (Å²) in [4.78, 5) is 24.8. The Morgan fingerprint density at radius 2 is 2.26 bits per heavy atom. The van der Waals surface area contributed by atoms with Crippen LogP contribution in [0.25, 0.3) is 0 Å². The number of nitrogens with zero attached hydrogens (tertiary/aromatic N) is 1. The number of amides is 1. The molecule has 0 saturated carbocycles. The highest BCUT2D eigenvalue weighted by atomic mass is 16.5. The van der Waals surface area contributed by atoms with Gasteiger partial charge < -0.3 is 20.5 Å². The molecule has 0 fully saturated rings. The van der Waals surface area contributed by atoms with Crippen molar-refractivity contribution in [2.24, 2.45) is 5.73 Å². The van der Waals surface area contributed by atoms with Crippen LogP contribution in [0.3, 0.4) is 0 Å². The monoisotopic (exact) mass is 264 g/mol. The van der Waals surface area contributed by atoms with Crippen LogP contribution in [0.2, 0.25) is 0 Å². The zero-order chi connectivity index (χ0) is 14.0. The summed E-state index contributed by atoms with van der Waals surface area (Å²) in [6.07, 6.45) is 0.532. The number of carboxylic acid groups (broad SMARTS) is 1. The number of benzene rings is 1. The number of fused-ring (bicyclic) bond motifs is 1. The van der Waals surface area contributed by atoms with Crippen molar-refractivity contribution in [3.8, 4) is 5.75 Å². The van der Waals surface area contributed by atoms with Gasteiger partial charge in [0.05, 0.1) is 18.3 Å². The number of aromatic carboxylic acids is 1. The zero-order valence-corrected chi connectivity index (χ0v) is 10.6. The number of carboxylic acids is 1. The van der Waals surface area contributed by atoms with Crippen LogP contribution in [-0.2, 0) is 4.79 Å². The molecule has 1 atom stereocenters. The molecule has 1 aliphatic heterocycles. The summed E-state index contributed by atoms with van der Waals surface area (Å²) in [7, 11) is 0. The lowest BCUT2D eigenvalue weighted by Crippen LogP contribution is -2.47. The Balaban J connectivity index is 2.43. The molecular weight excluding hydrogens is 248 g/mol. The van der Waals surface area contributed by atoms with Crippen LogP contribution < -0.4 is 15.4 Å². The Hall–Kier alpha value is -2.08. The van der Waals surface area contributed by atoms with Crippen LogP contribution in [0.5, 0.6) is 5.75 Å². The summed E-state index contributed by atoms with van der Waals surface area (Å²) in [6.45, 7) is 2.47. The number of hydrogen-bond donors (Lipinski definition) is 2. The van der Waals surface area contributed by atoms with Gasteiger partial charge in [-0.2, -0.15) is 0 Å². The predicted octanol–water partition coefficient (Wildman–Crippen LogP) is 0.847. The summed E-state index contributed by atoms with van der Waals surface area (Å²) in [5.74, 6) is -1.06. The third-order valence-corrected chi connectivity index (χ3v) is 3.10. The maximum atomic E-state index is 12.2. The third kappa shape index (κ3) is 2.39. The van der Waals surface area contributed by atoms with Crippen molar-refractivity contribution in [1.29, 1.82) is 0 Å². The number of hydrogen-bond acceptors (Lipinski definition) is 4. The van der Waals surface area contributed by atoms with E-state index in [4.69, 9.17) is 15.6 Å². The first-order valence-electron chi connectivity index (χ1n) is 6.12. The van der Waals surface area contributed by atoms with Gasteiger partial charge >= 0.3 is 5.97 Å². The molecule has 1 aliphatic rings. The van der Waals surface area contributed by atoms with Gasteiger partial charge in [0.25, 0.3) is 0 Å². The minimum absolute atomic E-state index is 0.0556. The van der Waals surface area contributed by atoms with Crippen LogP contribution in [0.1, 0.15) is 23.7 Å². The van der Waals surface area contributed by atoms with Gasteiger partial charge in [-0.15, -0.1) is 0 Å². The number of carbonyl (C=O) groups excluding carboxylic acids is 1. The molecule has 0 spiro atoms. The van der Waals surface area contributed by atoms with Crippen LogP contribution >= 0.6 is 0 Å². The molecule has 0 bridgehead atoms. The van der Waals surface area contributed by atoms with Gasteiger partial charge in [-0.25, -0.2) is 4.79 Å². The first-order valence-corrected chi connectivity index (χ1v) is 6.12. The van der Waals surface area contributed by atoms with Crippen LogP contribution in [0, 0.1) is 0 Å². The largest absolute Gasteiger partial charge is 0.489 e. The number of para-hydroxylation sites is 1. The number of nitrogens with two attached hydrogens (primary N) is 1. The smallest absolute Gasteiger partial charge is 0.339 e. The van der Waals surface area contributed by atoms with Gasteiger partial charge in [-0.05, 0) is 18.6 Å². The first-order chi connectivity index (χ1) is 9.06. The van der Waals surface area contributed by atoms with E-state index in [0.29, 0.717) is 18.7 Å². The number of carbonyl (C=O) groups is 2. The predicted molar refractivity (Wildman–Crippen MR) is 69.5 cm³/mol. The SMILES string of the molecule is CCC(N)C(=O)N1CCOc2c(C(=O)O)cccc21. The van der Waals surface area contributed by atoms with Crippen LogP contribution in [0.4, 0.5) is 5.69 Å². The van der Waals surface area contributed by atoms with E-state index in [1.165, 1.54) is 11.0 Å². The van der Waals surface area contributed by atoms with Crippen LogP contribution in [-0.4, -0.2) is 36.2 Å². The highest BCUT2D eigenvalue weighted by Crippen LogP contribution is 2.35. The van der Waals surface area contributed by atoms with Crippen molar-refractivity contribution in [1.82, 2.24) is 0 Å². The van der Waals surface area contributed by atoms with Crippen molar-refractivity contribution in [2.75, 3.05) is 18.1 Å². The summed E-state index contributed by atoms with van der Waals surface area (Å²) >= 11 is 0. The lowest BCUT2D eigenvalue weighted by atomic mass is 10.1. The second-order valence-electron chi connectivity index (χ2n) is 4.31. The normalized spacial score (nSPS) is 15.4. The number of anilines is 1. The van der Waals surface area contributed by atoms with Crippen molar-refractivity contribution in [3.05, 3.63) is 23.8 Å². The van der Waals surface area contributed by atoms with Gasteiger partial charge in [-0.1, -0.05) is 13.0 Å². The quantitative estimate of drug-likeness (QED) is 0.844. The van der Waals surface area contributed by atoms with E-state index < -0.39 is 12.0 Å². The Morgan fingerprint density at radius 1 is 1.53 bits per heavy atom. The summed E-state index contributed by atoms with van der Waals surface area (Å²) in [6, 6.07) is 4.13. The molecule has 2 rings (SSSR count). The minimum Gasteiger partial charge on any atom is -0.489 e. The molecule has 6 heteroatoms. The minimum atomic E-state index is -1.08. The average molecular weight is 264 g/mol. The van der Waals surface area contributed by atoms with E-state index in [0.717, 1.165) is 0 Å². The standard InChI is InChI=1S/C13H16N2O4/c1-2-9(14)12(16)15-6-7-19-11-8(13(17)18)4-3-5-10(11)15/h3-5,9H,2,6-7,14H2,1H3,(H,17,18). The van der Waals surface area contributed by atoms with Gasteiger partial charge in [-0.3, -0.25) is 4.79 Å². The molecule has 1 aromatic rings. The van der Waals surface area contributed by atoms with Gasteiger partial charge in [0.1, 0.15) is 12.2 Å². The summed E-state index contributed by atoms with van der Waals surface area (Å²) < 4.78 is 5.39. The molecule has 0 radical (unpaired) electrons. The fourth-order valence-electron chi connectivity index (χ4n) is 2.02. The second kappa shape index (κ2) is 5.27. The maximum absolute atomic E-state index is 12.2. The molecule has 1 heterocycles. The van der Waals surface area contributed by atoms with Gasteiger partial charge in [0.15, 0.2) is 5.75 Å². The van der Waals surface area contributed by atoms with E-state index in [-0.39, 0.29) is 23.8 Å². The lowest BCUT2D eigenvalue weighted by Gasteiger charge is -2.31. The fourth-order valence-corrected chi connectivity index (χ4v) is 2.02. The van der Waals surface area contributed by atoms with E-state index in [1.807, 2.05) is 6.92 Å². The Bertz CT molecular complexity index is 515. The number of rotatable bonds is 3. The molecule has 1 amide bonds. The summed E-state index contributed by atoms with van der Waals surface area (Å²) in [5.41, 5.74) is 6.28. The highest BCUT2D eigenvalue weighted by Gasteiger charge is 2.29. The molecule has 0 aromatic heterocycles. The lowest BCUT2D eigenvalue weighted by molar-refractivity contribution is -0.120. The maximum Gasteiger partial charge on any atom is 0.339 e. The van der Waals surface area contributed by atoms with Crippen molar-refractivity contribution in [2.45, 2.75) is 19.4 Å². The Morgan fingerprint density at radius 3 is 2.89 bits per heavy atom. The third-order valence-electron chi connectivity index (χ3n) is 3.10. The Labute approximate surface area is 110 Å². The molecule has 1 aromatic carbocycles. The van der Waals surface area contributed by atoms with Crippen molar-refractivity contribution < 1.29 is 19.4 Å². The summed E-state index contributed by atoms with van der Waals surface area (Å²) in [5, 5.41) is 9.11. The second-order valence-corrected chi connectivity index (χ2v) is 4.31. The molecular formula is C13H16N2O4. The van der Waals surface area contributed by atoms with Crippen molar-refractivity contribution >= 4 is 17.6 Å². The molecule has 3 N–H and O–H groups in total. The number of ether oxygens (including phenoxy) is 1. The molecule has 1 unspecified atom stereocenters. The van der Waals surface area contributed by atoms with E-state index >= 15 is 0 Å². The Kier molecular flexibility index (Phi) is 3.71. The molecule has 0 aliphatic carbocycles. The molecule has 6 nitrogen and oxygen atoms in total. The van der Waals surface area contributed by atoms with E-state index in [9.17, 15) is 9.59 Å². The van der Waals surface area contributed by atoms with Gasteiger partial charge in [0.2, 0.25) is 5.91 Å². The van der Waals surface area contributed by atoms with Crippen LogP contribution in [0.15, 0.2) is 18.2 Å². The molecule has 102 valence electrons. The van der Waals surface area contributed by atoms with Crippen molar-refractivity contribution in [3.63, 3.8) is 0 Å². The van der Waals surface area contributed by atoms with E-state index in [1.54, 1.807) is 12.1 Å². The first kappa shape index (κ1) is 13.4.